The predicted octanol–water partition coefficient (Wildman–Crippen LogP) is 6.07. The molecule has 5 rings (SSSR count). The van der Waals surface area contributed by atoms with Gasteiger partial charge >= 0.3 is 0 Å². The molecule has 0 atom stereocenters. The zero-order valence-electron chi connectivity index (χ0n) is 18.5. The van der Waals surface area contributed by atoms with E-state index in [-0.39, 0.29) is 6.04 Å². The highest BCUT2D eigenvalue weighted by Gasteiger charge is 2.13. The average Bonchev–Trinajstić information content (AvgIpc) is 3.51. The van der Waals surface area contributed by atoms with Crippen LogP contribution in [0, 0.1) is 0 Å². The van der Waals surface area contributed by atoms with E-state index in [1.165, 1.54) is 16.7 Å². The number of fused-ring (bicyclic) bond motifs is 1. The normalized spacial score (nSPS) is 11.2. The van der Waals surface area contributed by atoms with E-state index in [0.29, 0.717) is 18.2 Å². The number of aromatic nitrogens is 4. The number of nitrogen functional groups attached to an aromatic ring is 1. The summed E-state index contributed by atoms with van der Waals surface area (Å²) in [5, 5.41) is 10.9. The minimum atomic E-state index is 0.260. The van der Waals surface area contributed by atoms with Gasteiger partial charge in [-0.25, -0.2) is 9.97 Å². The summed E-state index contributed by atoms with van der Waals surface area (Å²) in [6.45, 7) is 4.88. The molecule has 3 aromatic heterocycles. The number of nitrogens with zero attached hydrogens (tertiary/aromatic N) is 4. The van der Waals surface area contributed by atoms with Crippen LogP contribution in [0.3, 0.4) is 0 Å². The molecule has 0 bridgehead atoms. The lowest BCUT2D eigenvalue weighted by atomic mass is 10.1. The number of imidazole rings is 1. The molecule has 0 aliphatic carbocycles. The topological polar surface area (TPSA) is 93.7 Å². The number of hydrogen-bond acceptors (Lipinski definition) is 7. The Kier molecular flexibility index (Phi) is 5.66. The van der Waals surface area contributed by atoms with E-state index in [1.807, 2.05) is 24.5 Å². The van der Waals surface area contributed by atoms with Gasteiger partial charge in [-0.1, -0.05) is 24.3 Å². The van der Waals surface area contributed by atoms with Crippen LogP contribution in [0.15, 0.2) is 71.8 Å². The van der Waals surface area contributed by atoms with Gasteiger partial charge < -0.3 is 20.9 Å². The Hall–Kier alpha value is -3.91. The standard InChI is InChI=1S/C25H25N7S/c1-16(2)32-15-29-23-21(8-7-20(26)24(23)32)30-25-27-11-9-22(31-25)28-13-17-3-5-18(6-4-17)19-10-12-33-14-19/h3-12,14-16H,13,26H2,1-2H3,(H2,27,28,30,31). The fraction of sp³-hybridized carbons (Fsp3) is 0.160. The van der Waals surface area contributed by atoms with Gasteiger partial charge in [-0.2, -0.15) is 16.3 Å². The van der Waals surface area contributed by atoms with Crippen LogP contribution in [-0.2, 0) is 6.54 Å². The molecule has 3 heterocycles. The lowest BCUT2D eigenvalue weighted by molar-refractivity contribution is 0.618. The summed E-state index contributed by atoms with van der Waals surface area (Å²) in [5.74, 6) is 1.24. The maximum Gasteiger partial charge on any atom is 0.229 e. The number of thiophene rings is 1. The molecular formula is C25H25N7S. The largest absolute Gasteiger partial charge is 0.397 e. The number of nitrogens with two attached hydrogens (primary N) is 1. The molecule has 0 fully saturated rings. The first-order chi connectivity index (χ1) is 16.1. The third-order valence-electron chi connectivity index (χ3n) is 5.49. The minimum absolute atomic E-state index is 0.260. The molecule has 2 aromatic carbocycles. The summed E-state index contributed by atoms with van der Waals surface area (Å²) >= 11 is 1.71. The van der Waals surface area contributed by atoms with Crippen molar-refractivity contribution in [3.05, 3.63) is 77.4 Å². The quantitative estimate of drug-likeness (QED) is 0.258. The third kappa shape index (κ3) is 4.38. The van der Waals surface area contributed by atoms with Crippen molar-refractivity contribution in [3.63, 3.8) is 0 Å². The zero-order valence-corrected chi connectivity index (χ0v) is 19.3. The van der Waals surface area contributed by atoms with Crippen molar-refractivity contribution in [1.29, 1.82) is 0 Å². The fourth-order valence-electron chi connectivity index (χ4n) is 3.74. The smallest absolute Gasteiger partial charge is 0.229 e. The van der Waals surface area contributed by atoms with Crippen molar-refractivity contribution in [3.8, 4) is 11.1 Å². The molecule has 0 aliphatic rings. The van der Waals surface area contributed by atoms with Gasteiger partial charge in [0.15, 0.2) is 0 Å². The Morgan fingerprint density at radius 3 is 2.61 bits per heavy atom. The second-order valence-electron chi connectivity index (χ2n) is 8.10. The van der Waals surface area contributed by atoms with E-state index < -0.39 is 0 Å². The molecule has 0 amide bonds. The molecule has 0 unspecified atom stereocenters. The molecule has 5 aromatic rings. The van der Waals surface area contributed by atoms with Crippen molar-refractivity contribution in [1.82, 2.24) is 19.5 Å². The third-order valence-corrected chi connectivity index (χ3v) is 6.18. The summed E-state index contributed by atoms with van der Waals surface area (Å²) in [5.41, 5.74) is 13.1. The van der Waals surface area contributed by atoms with Crippen molar-refractivity contribution >= 4 is 45.5 Å². The van der Waals surface area contributed by atoms with Gasteiger partial charge in [0.1, 0.15) is 11.3 Å². The monoisotopic (exact) mass is 455 g/mol. The Balaban J connectivity index is 1.30. The molecule has 0 saturated heterocycles. The average molecular weight is 456 g/mol. The van der Waals surface area contributed by atoms with Crippen molar-refractivity contribution in [2.45, 2.75) is 26.4 Å². The van der Waals surface area contributed by atoms with Crippen molar-refractivity contribution in [2.24, 2.45) is 0 Å². The first kappa shape index (κ1) is 21.0. The van der Waals surface area contributed by atoms with Gasteiger partial charge in [0.2, 0.25) is 5.95 Å². The van der Waals surface area contributed by atoms with E-state index in [0.717, 1.165) is 22.5 Å². The van der Waals surface area contributed by atoms with Crippen molar-refractivity contribution in [2.75, 3.05) is 16.4 Å². The lowest BCUT2D eigenvalue weighted by Crippen LogP contribution is -2.05. The highest BCUT2D eigenvalue weighted by Crippen LogP contribution is 2.30. The molecule has 0 spiro atoms. The molecule has 4 N–H and O–H groups in total. The Morgan fingerprint density at radius 2 is 1.85 bits per heavy atom. The summed E-state index contributed by atoms with van der Waals surface area (Å²) in [6, 6.07) is 16.6. The first-order valence-corrected chi connectivity index (χ1v) is 11.7. The molecule has 0 aliphatic heterocycles. The summed E-state index contributed by atoms with van der Waals surface area (Å²) in [6.07, 6.45) is 3.55. The van der Waals surface area contributed by atoms with Crippen LogP contribution in [-0.4, -0.2) is 19.5 Å². The highest BCUT2D eigenvalue weighted by molar-refractivity contribution is 7.08. The van der Waals surface area contributed by atoms with E-state index in [9.17, 15) is 0 Å². The van der Waals surface area contributed by atoms with Gasteiger partial charge in [-0.3, -0.25) is 0 Å². The molecule has 0 radical (unpaired) electrons. The maximum absolute atomic E-state index is 6.23. The Morgan fingerprint density at radius 1 is 1.00 bits per heavy atom. The number of anilines is 4. The summed E-state index contributed by atoms with van der Waals surface area (Å²) in [4.78, 5) is 13.6. The van der Waals surface area contributed by atoms with Crippen LogP contribution in [0.2, 0.25) is 0 Å². The molecular weight excluding hydrogens is 430 g/mol. The van der Waals surface area contributed by atoms with Crippen LogP contribution in [0.25, 0.3) is 22.2 Å². The van der Waals surface area contributed by atoms with Crippen LogP contribution >= 0.6 is 11.3 Å². The SMILES string of the molecule is CC(C)n1cnc2c(Nc3nccc(NCc4ccc(-c5ccsc5)cc4)n3)ccc(N)c21. The van der Waals surface area contributed by atoms with Crippen LogP contribution in [0.5, 0.6) is 0 Å². The van der Waals surface area contributed by atoms with Gasteiger partial charge in [0.25, 0.3) is 0 Å². The van der Waals surface area contributed by atoms with Gasteiger partial charge in [-0.05, 0) is 65.6 Å². The molecule has 33 heavy (non-hydrogen) atoms. The molecule has 8 heteroatoms. The van der Waals surface area contributed by atoms with Gasteiger partial charge in [0.05, 0.1) is 23.2 Å². The number of rotatable bonds is 7. The van der Waals surface area contributed by atoms with Gasteiger partial charge in [-0.15, -0.1) is 0 Å². The van der Waals surface area contributed by atoms with E-state index in [4.69, 9.17) is 5.73 Å². The Bertz CT molecular complexity index is 1370. The fourth-order valence-corrected chi connectivity index (χ4v) is 4.41. The Labute approximate surface area is 196 Å². The summed E-state index contributed by atoms with van der Waals surface area (Å²) < 4.78 is 2.07. The van der Waals surface area contributed by atoms with Crippen LogP contribution < -0.4 is 16.4 Å². The molecule has 166 valence electrons. The minimum Gasteiger partial charge on any atom is -0.397 e. The van der Waals surface area contributed by atoms with Crippen molar-refractivity contribution < 1.29 is 0 Å². The number of hydrogen-bond donors (Lipinski definition) is 3. The number of benzene rings is 2. The second-order valence-corrected chi connectivity index (χ2v) is 8.88. The van der Waals surface area contributed by atoms with Crippen LogP contribution in [0.1, 0.15) is 25.5 Å². The second kappa shape index (κ2) is 8.91. The molecule has 0 saturated carbocycles. The van der Waals surface area contributed by atoms with E-state index >= 15 is 0 Å². The highest BCUT2D eigenvalue weighted by atomic mass is 32.1. The predicted molar refractivity (Wildman–Crippen MR) is 137 cm³/mol. The lowest BCUT2D eigenvalue weighted by Gasteiger charge is -2.12. The summed E-state index contributed by atoms with van der Waals surface area (Å²) in [7, 11) is 0. The van der Waals surface area contributed by atoms with E-state index in [1.54, 1.807) is 17.5 Å². The van der Waals surface area contributed by atoms with E-state index in [2.05, 4.69) is 85.1 Å². The van der Waals surface area contributed by atoms with Crippen LogP contribution in [0.4, 0.5) is 23.1 Å². The zero-order chi connectivity index (χ0) is 22.8. The maximum atomic E-state index is 6.23. The van der Waals surface area contributed by atoms with Gasteiger partial charge in [0, 0.05) is 18.8 Å². The molecule has 7 nitrogen and oxygen atoms in total. The number of nitrogens with one attached hydrogen (secondary N) is 2. The first-order valence-electron chi connectivity index (χ1n) is 10.8.